The first-order chi connectivity index (χ1) is 6.22. The van der Waals surface area contributed by atoms with Crippen molar-refractivity contribution in [1.82, 2.24) is 5.32 Å². The molecule has 0 heterocycles. The number of hydrogen-bond donors (Lipinski definition) is 1. The first kappa shape index (κ1) is 11.0. The Labute approximate surface area is 82.0 Å². The maximum Gasteiger partial charge on any atom is 0.0613 e. The van der Waals surface area contributed by atoms with Gasteiger partial charge >= 0.3 is 0 Å². The zero-order chi connectivity index (χ0) is 9.68. The molecular formula is C11H23NO. The van der Waals surface area contributed by atoms with Crippen LogP contribution < -0.4 is 5.32 Å². The van der Waals surface area contributed by atoms with Crippen molar-refractivity contribution in [3.63, 3.8) is 0 Å². The highest BCUT2D eigenvalue weighted by atomic mass is 16.5. The number of nitrogens with one attached hydrogen (secondary N) is 1. The molecule has 1 N–H and O–H groups in total. The monoisotopic (exact) mass is 185 g/mol. The molecule has 0 aliphatic heterocycles. The third-order valence-corrected chi connectivity index (χ3v) is 2.95. The summed E-state index contributed by atoms with van der Waals surface area (Å²) in [5.74, 6) is 0.941. The Kier molecular flexibility index (Phi) is 4.74. The topological polar surface area (TPSA) is 21.3 Å². The molecule has 0 aromatic heterocycles. The molecule has 13 heavy (non-hydrogen) atoms. The lowest BCUT2D eigenvalue weighted by Gasteiger charge is -2.29. The van der Waals surface area contributed by atoms with Crippen LogP contribution in [0.1, 0.15) is 39.5 Å². The summed E-state index contributed by atoms with van der Waals surface area (Å²) in [5.41, 5.74) is 0. The fourth-order valence-corrected chi connectivity index (χ4v) is 2.13. The Morgan fingerprint density at radius 3 is 2.46 bits per heavy atom. The molecule has 0 bridgehead atoms. The Bertz CT molecular complexity index is 130. The summed E-state index contributed by atoms with van der Waals surface area (Å²) < 4.78 is 5.10. The Hall–Kier alpha value is -0.0800. The van der Waals surface area contributed by atoms with Crippen molar-refractivity contribution in [1.29, 1.82) is 0 Å². The summed E-state index contributed by atoms with van der Waals surface area (Å²) in [7, 11) is 1.77. The lowest BCUT2D eigenvalue weighted by Crippen LogP contribution is -2.40. The van der Waals surface area contributed by atoms with Gasteiger partial charge in [-0.15, -0.1) is 0 Å². The van der Waals surface area contributed by atoms with Crippen molar-refractivity contribution in [2.24, 2.45) is 5.92 Å². The molecular weight excluding hydrogens is 162 g/mol. The summed E-state index contributed by atoms with van der Waals surface area (Å²) in [6.45, 7) is 5.38. The number of methoxy groups -OCH3 is 1. The fraction of sp³-hybridized carbons (Fsp3) is 1.00. The van der Waals surface area contributed by atoms with Crippen molar-refractivity contribution in [2.45, 2.75) is 51.6 Å². The van der Waals surface area contributed by atoms with Gasteiger partial charge in [0, 0.05) is 19.2 Å². The molecule has 1 fully saturated rings. The summed E-state index contributed by atoms with van der Waals surface area (Å²) in [5, 5.41) is 3.62. The minimum Gasteiger partial charge on any atom is -0.383 e. The maximum absolute atomic E-state index is 5.10. The van der Waals surface area contributed by atoms with E-state index >= 15 is 0 Å². The van der Waals surface area contributed by atoms with E-state index in [1.54, 1.807) is 7.11 Å². The van der Waals surface area contributed by atoms with E-state index in [1.807, 2.05) is 0 Å². The largest absolute Gasteiger partial charge is 0.383 e. The molecule has 1 rings (SSSR count). The van der Waals surface area contributed by atoms with Crippen LogP contribution in [-0.2, 0) is 4.74 Å². The van der Waals surface area contributed by atoms with E-state index in [-0.39, 0.29) is 0 Å². The fourth-order valence-electron chi connectivity index (χ4n) is 2.13. The second kappa shape index (κ2) is 5.61. The van der Waals surface area contributed by atoms with Crippen LogP contribution in [0.15, 0.2) is 0 Å². The Balaban J connectivity index is 2.14. The second-order valence-electron chi connectivity index (χ2n) is 4.48. The molecule has 1 aliphatic rings. The Morgan fingerprint density at radius 2 is 1.92 bits per heavy atom. The van der Waals surface area contributed by atoms with E-state index in [4.69, 9.17) is 4.74 Å². The molecule has 0 radical (unpaired) electrons. The van der Waals surface area contributed by atoms with Crippen molar-refractivity contribution < 1.29 is 4.74 Å². The zero-order valence-corrected chi connectivity index (χ0v) is 9.18. The molecule has 1 unspecified atom stereocenters. The minimum absolute atomic E-state index is 0.503. The van der Waals surface area contributed by atoms with Crippen LogP contribution in [0.3, 0.4) is 0 Å². The van der Waals surface area contributed by atoms with Crippen LogP contribution >= 0.6 is 0 Å². The lowest BCUT2D eigenvalue weighted by atomic mass is 9.87. The molecule has 0 spiro atoms. The van der Waals surface area contributed by atoms with Gasteiger partial charge in [-0.2, -0.15) is 0 Å². The summed E-state index contributed by atoms with van der Waals surface area (Å²) in [4.78, 5) is 0. The normalized spacial score (nSPS) is 31.6. The zero-order valence-electron chi connectivity index (χ0n) is 9.18. The first-order valence-electron chi connectivity index (χ1n) is 5.47. The molecule has 0 aromatic carbocycles. The molecule has 0 saturated heterocycles. The van der Waals surface area contributed by atoms with E-state index in [1.165, 1.54) is 25.7 Å². The highest BCUT2D eigenvalue weighted by Crippen LogP contribution is 2.23. The highest BCUT2D eigenvalue weighted by Gasteiger charge is 2.18. The van der Waals surface area contributed by atoms with Gasteiger partial charge in [-0.3, -0.25) is 0 Å². The molecule has 2 nitrogen and oxygen atoms in total. The van der Waals surface area contributed by atoms with Crippen molar-refractivity contribution in [3.8, 4) is 0 Å². The highest BCUT2D eigenvalue weighted by molar-refractivity contribution is 4.77. The van der Waals surface area contributed by atoms with Crippen molar-refractivity contribution in [2.75, 3.05) is 13.7 Å². The molecule has 0 amide bonds. The van der Waals surface area contributed by atoms with Gasteiger partial charge < -0.3 is 10.1 Å². The van der Waals surface area contributed by atoms with E-state index in [9.17, 15) is 0 Å². The standard InChI is InChI=1S/C11H23NO/c1-9-4-6-11(7-5-9)12-10(2)8-13-3/h9-12H,4-8H2,1-3H3/t9-,10?,11+. The van der Waals surface area contributed by atoms with Crippen LogP contribution in [0.5, 0.6) is 0 Å². The molecule has 0 aromatic rings. The van der Waals surface area contributed by atoms with Gasteiger partial charge in [-0.1, -0.05) is 6.92 Å². The van der Waals surface area contributed by atoms with E-state index < -0.39 is 0 Å². The predicted molar refractivity (Wildman–Crippen MR) is 55.9 cm³/mol. The van der Waals surface area contributed by atoms with Gasteiger partial charge in [-0.25, -0.2) is 0 Å². The summed E-state index contributed by atoms with van der Waals surface area (Å²) >= 11 is 0. The van der Waals surface area contributed by atoms with Crippen LogP contribution in [-0.4, -0.2) is 25.8 Å². The molecule has 78 valence electrons. The van der Waals surface area contributed by atoms with E-state index in [0.29, 0.717) is 6.04 Å². The van der Waals surface area contributed by atoms with Gasteiger partial charge in [0.05, 0.1) is 6.61 Å². The molecule has 2 heteroatoms. The van der Waals surface area contributed by atoms with Crippen LogP contribution in [0.2, 0.25) is 0 Å². The van der Waals surface area contributed by atoms with Gasteiger partial charge in [0.2, 0.25) is 0 Å². The minimum atomic E-state index is 0.503. The number of ether oxygens (including phenoxy) is 1. The predicted octanol–water partition coefficient (Wildman–Crippen LogP) is 2.19. The van der Waals surface area contributed by atoms with Gasteiger partial charge in [0.25, 0.3) is 0 Å². The quantitative estimate of drug-likeness (QED) is 0.725. The van der Waals surface area contributed by atoms with Crippen LogP contribution in [0.25, 0.3) is 0 Å². The third kappa shape index (κ3) is 4.10. The second-order valence-corrected chi connectivity index (χ2v) is 4.48. The van der Waals surface area contributed by atoms with Gasteiger partial charge in [-0.05, 0) is 38.5 Å². The van der Waals surface area contributed by atoms with Crippen molar-refractivity contribution in [3.05, 3.63) is 0 Å². The van der Waals surface area contributed by atoms with Gasteiger partial charge in [0.15, 0.2) is 0 Å². The maximum atomic E-state index is 5.10. The van der Waals surface area contributed by atoms with E-state index in [0.717, 1.165) is 18.6 Å². The number of hydrogen-bond acceptors (Lipinski definition) is 2. The first-order valence-corrected chi connectivity index (χ1v) is 5.47. The number of rotatable bonds is 4. The summed E-state index contributed by atoms with van der Waals surface area (Å²) in [6, 6.07) is 1.24. The van der Waals surface area contributed by atoms with Crippen LogP contribution in [0, 0.1) is 5.92 Å². The van der Waals surface area contributed by atoms with Crippen molar-refractivity contribution >= 4 is 0 Å². The lowest BCUT2D eigenvalue weighted by molar-refractivity contribution is 0.159. The molecule has 1 saturated carbocycles. The van der Waals surface area contributed by atoms with E-state index in [2.05, 4.69) is 19.2 Å². The van der Waals surface area contributed by atoms with Gasteiger partial charge in [0.1, 0.15) is 0 Å². The third-order valence-electron chi connectivity index (χ3n) is 2.95. The average molecular weight is 185 g/mol. The smallest absolute Gasteiger partial charge is 0.0613 e. The molecule has 1 atom stereocenters. The SMILES string of the molecule is COCC(C)N[C@H]1CC[C@@H](C)CC1. The Morgan fingerprint density at radius 1 is 1.31 bits per heavy atom. The average Bonchev–Trinajstić information content (AvgIpc) is 2.09. The molecule has 1 aliphatic carbocycles. The van der Waals surface area contributed by atoms with Crippen LogP contribution in [0.4, 0.5) is 0 Å². The summed E-state index contributed by atoms with van der Waals surface area (Å²) in [6.07, 6.45) is 5.46.